The highest BCUT2D eigenvalue weighted by Crippen LogP contribution is 2.32. The molecule has 0 aliphatic carbocycles. The van der Waals surface area contributed by atoms with Crippen LogP contribution >= 0.6 is 0 Å². The van der Waals surface area contributed by atoms with Crippen molar-refractivity contribution in [3.05, 3.63) is 35.6 Å². The van der Waals surface area contributed by atoms with Crippen molar-refractivity contribution in [2.75, 3.05) is 20.2 Å². The number of piperidine rings is 1. The Bertz CT molecular complexity index is 1100. The van der Waals surface area contributed by atoms with Crippen LogP contribution in [-0.2, 0) is 10.0 Å². The van der Waals surface area contributed by atoms with Crippen molar-refractivity contribution in [1.82, 2.24) is 29.6 Å². The third kappa shape index (κ3) is 3.62. The first-order chi connectivity index (χ1) is 13.9. The zero-order valence-electron chi connectivity index (χ0n) is 16.4. The summed E-state index contributed by atoms with van der Waals surface area (Å²) in [5.41, 5.74) is 1.73. The number of nitrogens with one attached hydrogen (secondary N) is 1. The number of ether oxygens (including phenoxy) is 1. The van der Waals surface area contributed by atoms with Gasteiger partial charge in [0.05, 0.1) is 24.4 Å². The first-order valence-electron chi connectivity index (χ1n) is 9.26. The Morgan fingerprint density at radius 3 is 2.90 bits per heavy atom. The summed E-state index contributed by atoms with van der Waals surface area (Å²) in [7, 11) is -2.11. The molecule has 0 radical (unpaired) electrons. The number of pyridine rings is 1. The Hall–Kier alpha value is -2.79. The van der Waals surface area contributed by atoms with Crippen LogP contribution < -0.4 is 4.74 Å². The number of aromatic nitrogens is 5. The Labute approximate surface area is 168 Å². The number of sulfonamides is 1. The molecular formula is C18H22N6O4S. The lowest BCUT2D eigenvalue weighted by atomic mass is 10.00. The average Bonchev–Trinajstić information content (AvgIpc) is 3.35. The molecule has 154 valence electrons. The van der Waals surface area contributed by atoms with Crippen LogP contribution in [0.25, 0.3) is 11.4 Å². The third-order valence-corrected chi connectivity index (χ3v) is 7.16. The van der Waals surface area contributed by atoms with Crippen LogP contribution in [0.5, 0.6) is 5.88 Å². The maximum atomic E-state index is 13.1. The molecule has 10 nitrogen and oxygen atoms in total. The highest BCUT2D eigenvalue weighted by molar-refractivity contribution is 7.89. The Morgan fingerprint density at radius 1 is 1.34 bits per heavy atom. The predicted molar refractivity (Wildman–Crippen MR) is 103 cm³/mol. The van der Waals surface area contributed by atoms with Gasteiger partial charge in [-0.1, -0.05) is 5.16 Å². The second kappa shape index (κ2) is 7.56. The van der Waals surface area contributed by atoms with Gasteiger partial charge in [0.1, 0.15) is 4.90 Å². The number of H-pyrrole nitrogens is 1. The van der Waals surface area contributed by atoms with Crippen molar-refractivity contribution in [2.45, 2.75) is 37.5 Å². The number of aryl methyl sites for hydroxylation is 2. The highest BCUT2D eigenvalue weighted by atomic mass is 32.2. The van der Waals surface area contributed by atoms with Crippen molar-refractivity contribution in [2.24, 2.45) is 0 Å². The molecule has 29 heavy (non-hydrogen) atoms. The molecule has 1 aliphatic rings. The monoisotopic (exact) mass is 418 g/mol. The van der Waals surface area contributed by atoms with Crippen LogP contribution in [0.2, 0.25) is 0 Å². The van der Waals surface area contributed by atoms with E-state index in [0.29, 0.717) is 41.9 Å². The van der Waals surface area contributed by atoms with E-state index in [1.807, 2.05) is 0 Å². The normalized spacial score (nSPS) is 18.1. The fourth-order valence-corrected chi connectivity index (χ4v) is 5.45. The number of methoxy groups -OCH3 is 1. The van der Waals surface area contributed by atoms with Gasteiger partial charge in [0.15, 0.2) is 0 Å². The molecule has 0 saturated carbocycles. The van der Waals surface area contributed by atoms with Gasteiger partial charge in [-0.2, -0.15) is 14.4 Å². The fraction of sp³-hybridized carbons (Fsp3) is 0.444. The van der Waals surface area contributed by atoms with Gasteiger partial charge in [0.2, 0.25) is 27.6 Å². The molecule has 0 amide bonds. The van der Waals surface area contributed by atoms with Gasteiger partial charge in [0, 0.05) is 30.9 Å². The van der Waals surface area contributed by atoms with E-state index in [0.717, 1.165) is 12.0 Å². The summed E-state index contributed by atoms with van der Waals surface area (Å²) in [6, 6.07) is 3.48. The van der Waals surface area contributed by atoms with E-state index in [9.17, 15) is 8.42 Å². The third-order valence-electron chi connectivity index (χ3n) is 5.04. The molecule has 0 spiro atoms. The molecule has 3 aromatic heterocycles. The van der Waals surface area contributed by atoms with Gasteiger partial charge in [0.25, 0.3) is 0 Å². The molecule has 1 fully saturated rings. The largest absolute Gasteiger partial charge is 0.481 e. The maximum Gasteiger partial charge on any atom is 0.246 e. The number of hydrogen-bond acceptors (Lipinski definition) is 8. The molecule has 11 heteroatoms. The second-order valence-electron chi connectivity index (χ2n) is 7.01. The topological polar surface area (TPSA) is 127 Å². The summed E-state index contributed by atoms with van der Waals surface area (Å²) < 4.78 is 38.4. The molecule has 3 aromatic rings. The molecule has 4 heterocycles. The first kappa shape index (κ1) is 19.5. The van der Waals surface area contributed by atoms with E-state index < -0.39 is 10.0 Å². The minimum absolute atomic E-state index is 0.170. The molecule has 1 N–H and O–H groups in total. The van der Waals surface area contributed by atoms with E-state index in [1.165, 1.54) is 11.4 Å². The molecule has 4 rings (SSSR count). The van der Waals surface area contributed by atoms with Crippen LogP contribution in [0.4, 0.5) is 0 Å². The van der Waals surface area contributed by atoms with Gasteiger partial charge in [-0.05, 0) is 32.8 Å². The summed E-state index contributed by atoms with van der Waals surface area (Å²) in [5, 5.41) is 10.8. The van der Waals surface area contributed by atoms with E-state index in [4.69, 9.17) is 9.26 Å². The number of rotatable bonds is 5. The molecular weight excluding hydrogens is 396 g/mol. The Kier molecular flexibility index (Phi) is 5.09. The lowest BCUT2D eigenvalue weighted by Crippen LogP contribution is -2.39. The average molecular weight is 418 g/mol. The molecule has 1 atom stereocenters. The lowest BCUT2D eigenvalue weighted by molar-refractivity contribution is 0.265. The zero-order chi connectivity index (χ0) is 20.6. The minimum Gasteiger partial charge on any atom is -0.481 e. The Balaban J connectivity index is 1.57. The summed E-state index contributed by atoms with van der Waals surface area (Å²) >= 11 is 0. The maximum absolute atomic E-state index is 13.1. The van der Waals surface area contributed by atoms with Gasteiger partial charge in [-0.15, -0.1) is 0 Å². The summed E-state index contributed by atoms with van der Waals surface area (Å²) in [5.74, 6) is 1.13. The van der Waals surface area contributed by atoms with E-state index >= 15 is 0 Å². The summed E-state index contributed by atoms with van der Waals surface area (Å²) in [6.45, 7) is 4.13. The second-order valence-corrected chi connectivity index (χ2v) is 8.88. The van der Waals surface area contributed by atoms with Crippen LogP contribution in [0.1, 0.15) is 36.0 Å². The molecule has 0 bridgehead atoms. The standard InChI is InChI=1S/C18H22N6O4S/c1-11-16(12(2)22-21-11)29(25,26)24-8-4-5-14(10-24)18-20-17(23-28-18)13-6-7-19-15(9-13)27-3/h6-7,9,14H,4-5,8,10H2,1-3H3,(H,21,22)/t14-/m0/s1. The SMILES string of the molecule is COc1cc(-c2noc([C@H]3CCCN(S(=O)(=O)c4c(C)n[nH]c4C)C3)n2)ccn1. The number of nitrogens with zero attached hydrogens (tertiary/aromatic N) is 5. The van der Waals surface area contributed by atoms with Crippen molar-refractivity contribution in [3.8, 4) is 17.3 Å². The van der Waals surface area contributed by atoms with Crippen LogP contribution in [0, 0.1) is 13.8 Å². The van der Waals surface area contributed by atoms with Crippen molar-refractivity contribution in [3.63, 3.8) is 0 Å². The van der Waals surface area contributed by atoms with Gasteiger partial charge in [-0.25, -0.2) is 13.4 Å². The van der Waals surface area contributed by atoms with Gasteiger partial charge in [-0.3, -0.25) is 5.10 Å². The predicted octanol–water partition coefficient (Wildman–Crippen LogP) is 2.05. The zero-order valence-corrected chi connectivity index (χ0v) is 17.2. The Morgan fingerprint density at radius 2 is 2.17 bits per heavy atom. The van der Waals surface area contributed by atoms with E-state index in [1.54, 1.807) is 32.2 Å². The first-order valence-corrected chi connectivity index (χ1v) is 10.7. The smallest absolute Gasteiger partial charge is 0.246 e. The van der Waals surface area contributed by atoms with Crippen LogP contribution in [0.15, 0.2) is 27.7 Å². The quantitative estimate of drug-likeness (QED) is 0.667. The summed E-state index contributed by atoms with van der Waals surface area (Å²) in [4.78, 5) is 8.80. The van der Waals surface area contributed by atoms with Crippen molar-refractivity contribution >= 4 is 10.0 Å². The molecule has 0 aromatic carbocycles. The number of hydrogen-bond donors (Lipinski definition) is 1. The van der Waals surface area contributed by atoms with Gasteiger partial charge < -0.3 is 9.26 Å². The van der Waals surface area contributed by atoms with E-state index in [2.05, 4.69) is 25.3 Å². The van der Waals surface area contributed by atoms with E-state index in [-0.39, 0.29) is 17.4 Å². The van der Waals surface area contributed by atoms with Crippen LogP contribution in [0.3, 0.4) is 0 Å². The fourth-order valence-electron chi connectivity index (χ4n) is 3.59. The lowest BCUT2D eigenvalue weighted by Gasteiger charge is -2.30. The van der Waals surface area contributed by atoms with Gasteiger partial charge >= 0.3 is 0 Å². The van der Waals surface area contributed by atoms with Crippen molar-refractivity contribution in [1.29, 1.82) is 0 Å². The number of aromatic amines is 1. The highest BCUT2D eigenvalue weighted by Gasteiger charge is 2.35. The molecule has 1 aliphatic heterocycles. The minimum atomic E-state index is -3.65. The molecule has 1 saturated heterocycles. The van der Waals surface area contributed by atoms with Crippen molar-refractivity contribution < 1.29 is 17.7 Å². The summed E-state index contributed by atoms with van der Waals surface area (Å²) in [6.07, 6.45) is 3.09. The molecule has 0 unspecified atom stereocenters. The van der Waals surface area contributed by atoms with Crippen LogP contribution in [-0.4, -0.2) is 58.2 Å².